The van der Waals surface area contributed by atoms with Gasteiger partial charge in [-0.15, -0.1) is 10.2 Å². The summed E-state index contributed by atoms with van der Waals surface area (Å²) in [4.78, 5) is 12.1. The van der Waals surface area contributed by atoms with Crippen LogP contribution < -0.4 is 5.32 Å². The van der Waals surface area contributed by atoms with Gasteiger partial charge in [-0.25, -0.2) is 0 Å². The number of halogens is 2. The lowest BCUT2D eigenvalue weighted by atomic mass is 10.1. The van der Waals surface area contributed by atoms with Crippen molar-refractivity contribution in [1.29, 1.82) is 0 Å². The van der Waals surface area contributed by atoms with E-state index < -0.39 is 0 Å². The third-order valence-electron chi connectivity index (χ3n) is 4.15. The molecule has 24 heavy (non-hydrogen) atoms. The smallest absolute Gasteiger partial charge is 0.234 e. The highest BCUT2D eigenvalue weighted by Gasteiger charge is 2.23. The second-order valence-electron chi connectivity index (χ2n) is 5.82. The molecule has 1 aromatic heterocycles. The molecular formula is C16H18Cl2N4OS. The van der Waals surface area contributed by atoms with E-state index in [4.69, 9.17) is 23.2 Å². The Hall–Kier alpha value is -1.24. The third-order valence-corrected chi connectivity index (χ3v) is 5.99. The second kappa shape index (κ2) is 7.76. The van der Waals surface area contributed by atoms with Gasteiger partial charge < -0.3 is 9.88 Å². The van der Waals surface area contributed by atoms with Gasteiger partial charge in [-0.1, -0.05) is 53.9 Å². The first kappa shape index (κ1) is 17.6. The fourth-order valence-corrected chi connectivity index (χ4v) is 3.97. The lowest BCUT2D eigenvalue weighted by Gasteiger charge is -2.09. The van der Waals surface area contributed by atoms with Crippen LogP contribution in [-0.2, 0) is 11.8 Å². The first-order valence-electron chi connectivity index (χ1n) is 7.82. The maximum Gasteiger partial charge on any atom is 0.234 e. The van der Waals surface area contributed by atoms with Crippen LogP contribution in [0.1, 0.15) is 37.4 Å². The summed E-state index contributed by atoms with van der Waals surface area (Å²) in [5.41, 5.74) is 0.513. The van der Waals surface area contributed by atoms with Crippen LogP contribution in [0.25, 0.3) is 0 Å². The highest BCUT2D eigenvalue weighted by atomic mass is 35.5. The van der Waals surface area contributed by atoms with E-state index in [1.807, 2.05) is 11.6 Å². The van der Waals surface area contributed by atoms with Gasteiger partial charge in [-0.2, -0.15) is 0 Å². The Morgan fingerprint density at radius 3 is 2.83 bits per heavy atom. The molecule has 0 radical (unpaired) electrons. The van der Waals surface area contributed by atoms with Crippen LogP contribution in [0.5, 0.6) is 0 Å². The minimum Gasteiger partial charge on any atom is -0.324 e. The lowest BCUT2D eigenvalue weighted by molar-refractivity contribution is -0.113. The molecule has 0 bridgehead atoms. The van der Waals surface area contributed by atoms with Gasteiger partial charge in [0.25, 0.3) is 0 Å². The highest BCUT2D eigenvalue weighted by molar-refractivity contribution is 7.99. The number of anilines is 1. The molecule has 0 atom stereocenters. The van der Waals surface area contributed by atoms with Crippen molar-refractivity contribution in [2.75, 3.05) is 11.1 Å². The topological polar surface area (TPSA) is 59.8 Å². The van der Waals surface area contributed by atoms with Crippen molar-refractivity contribution < 1.29 is 4.79 Å². The number of benzene rings is 1. The molecule has 1 amide bonds. The average Bonchev–Trinajstić information content (AvgIpc) is 3.19. The molecule has 0 saturated heterocycles. The number of nitrogens with one attached hydrogen (secondary N) is 1. The standard InChI is InChI=1S/C16H18Cl2N4OS/c1-22-15(10-5-2-3-6-10)20-21-16(22)24-9-13(23)19-12-8-4-7-11(17)14(12)18/h4,7-8,10H,2-3,5-6,9H2,1H3,(H,19,23). The molecule has 3 rings (SSSR count). The lowest BCUT2D eigenvalue weighted by Crippen LogP contribution is -2.15. The predicted molar refractivity (Wildman–Crippen MR) is 98.0 cm³/mol. The molecule has 1 aliphatic rings. The average molecular weight is 385 g/mol. The summed E-state index contributed by atoms with van der Waals surface area (Å²) in [6, 6.07) is 5.14. The van der Waals surface area contributed by atoms with E-state index in [0.717, 1.165) is 11.0 Å². The first-order valence-corrected chi connectivity index (χ1v) is 9.56. The maximum atomic E-state index is 12.1. The zero-order valence-electron chi connectivity index (χ0n) is 13.3. The van der Waals surface area contributed by atoms with Crippen LogP contribution in [-0.4, -0.2) is 26.4 Å². The van der Waals surface area contributed by atoms with Crippen molar-refractivity contribution in [3.8, 4) is 0 Å². The summed E-state index contributed by atoms with van der Waals surface area (Å²) in [6.07, 6.45) is 4.85. The van der Waals surface area contributed by atoms with Crippen molar-refractivity contribution in [3.05, 3.63) is 34.1 Å². The molecule has 1 fully saturated rings. The Labute approximate surface area is 155 Å². The Morgan fingerprint density at radius 1 is 1.33 bits per heavy atom. The van der Waals surface area contributed by atoms with Gasteiger partial charge in [0.2, 0.25) is 5.91 Å². The minimum absolute atomic E-state index is 0.158. The predicted octanol–water partition coefficient (Wildman–Crippen LogP) is 4.51. The molecular weight excluding hydrogens is 367 g/mol. The van der Waals surface area contributed by atoms with Crippen LogP contribution in [0.4, 0.5) is 5.69 Å². The largest absolute Gasteiger partial charge is 0.324 e. The van der Waals surface area contributed by atoms with E-state index in [1.165, 1.54) is 37.4 Å². The SMILES string of the molecule is Cn1c(SCC(=O)Nc2cccc(Cl)c2Cl)nnc1C1CCCC1. The maximum absolute atomic E-state index is 12.1. The molecule has 5 nitrogen and oxygen atoms in total. The molecule has 1 aromatic carbocycles. The summed E-state index contributed by atoms with van der Waals surface area (Å²) in [6.45, 7) is 0. The molecule has 1 aliphatic carbocycles. The van der Waals surface area contributed by atoms with Crippen molar-refractivity contribution in [3.63, 3.8) is 0 Å². The van der Waals surface area contributed by atoms with Gasteiger partial charge in [0.15, 0.2) is 5.16 Å². The zero-order chi connectivity index (χ0) is 17.1. The number of rotatable bonds is 5. The Kier molecular flexibility index (Phi) is 5.69. The van der Waals surface area contributed by atoms with E-state index >= 15 is 0 Å². The molecule has 1 N–H and O–H groups in total. The van der Waals surface area contributed by atoms with Gasteiger partial charge in [0.05, 0.1) is 21.5 Å². The second-order valence-corrected chi connectivity index (χ2v) is 7.55. The molecule has 128 valence electrons. The summed E-state index contributed by atoms with van der Waals surface area (Å²) in [5.74, 6) is 1.60. The molecule has 8 heteroatoms. The summed E-state index contributed by atoms with van der Waals surface area (Å²) in [5, 5.41) is 12.8. The van der Waals surface area contributed by atoms with Gasteiger partial charge in [-0.05, 0) is 25.0 Å². The third kappa shape index (κ3) is 3.87. The monoisotopic (exact) mass is 384 g/mol. The minimum atomic E-state index is -0.158. The van der Waals surface area contributed by atoms with Crippen molar-refractivity contribution in [2.45, 2.75) is 36.8 Å². The highest BCUT2D eigenvalue weighted by Crippen LogP contribution is 2.34. The fourth-order valence-electron chi connectivity index (χ4n) is 2.91. The first-order chi connectivity index (χ1) is 11.6. The fraction of sp³-hybridized carbons (Fsp3) is 0.438. The van der Waals surface area contributed by atoms with Crippen LogP contribution in [0.3, 0.4) is 0 Å². The van der Waals surface area contributed by atoms with E-state index in [-0.39, 0.29) is 11.7 Å². The van der Waals surface area contributed by atoms with Gasteiger partial charge in [0.1, 0.15) is 5.82 Å². The van der Waals surface area contributed by atoms with Gasteiger partial charge in [-0.3, -0.25) is 4.79 Å². The van der Waals surface area contributed by atoms with E-state index in [2.05, 4.69) is 15.5 Å². The number of aromatic nitrogens is 3. The number of carbonyl (C=O) groups is 1. The molecule has 1 saturated carbocycles. The number of hydrogen-bond acceptors (Lipinski definition) is 4. The molecule has 0 aliphatic heterocycles. The summed E-state index contributed by atoms with van der Waals surface area (Å²) in [7, 11) is 1.96. The number of amides is 1. The van der Waals surface area contributed by atoms with Gasteiger partial charge in [0, 0.05) is 13.0 Å². The normalized spacial score (nSPS) is 15.0. The Balaban J connectivity index is 1.59. The number of nitrogens with zero attached hydrogens (tertiary/aromatic N) is 3. The molecule has 0 spiro atoms. The number of hydrogen-bond donors (Lipinski definition) is 1. The van der Waals surface area contributed by atoms with Crippen molar-refractivity contribution >= 4 is 46.6 Å². The van der Waals surface area contributed by atoms with Gasteiger partial charge >= 0.3 is 0 Å². The molecule has 0 unspecified atom stereocenters. The van der Waals surface area contributed by atoms with Crippen LogP contribution in [0.2, 0.25) is 10.0 Å². The van der Waals surface area contributed by atoms with Crippen LogP contribution in [0, 0.1) is 0 Å². The van der Waals surface area contributed by atoms with E-state index in [9.17, 15) is 4.79 Å². The quantitative estimate of drug-likeness (QED) is 0.770. The zero-order valence-corrected chi connectivity index (χ0v) is 15.6. The number of carbonyl (C=O) groups excluding carboxylic acids is 1. The summed E-state index contributed by atoms with van der Waals surface area (Å²) < 4.78 is 2.00. The van der Waals surface area contributed by atoms with Crippen LogP contribution in [0.15, 0.2) is 23.4 Å². The Morgan fingerprint density at radius 2 is 2.08 bits per heavy atom. The van der Waals surface area contributed by atoms with Crippen LogP contribution >= 0.6 is 35.0 Å². The summed E-state index contributed by atoms with van der Waals surface area (Å²) >= 11 is 13.4. The van der Waals surface area contributed by atoms with Crippen molar-refractivity contribution in [2.24, 2.45) is 7.05 Å². The number of thioether (sulfide) groups is 1. The molecule has 2 aromatic rings. The van der Waals surface area contributed by atoms with E-state index in [1.54, 1.807) is 18.2 Å². The Bertz CT molecular complexity index is 744. The van der Waals surface area contributed by atoms with Crippen molar-refractivity contribution in [1.82, 2.24) is 14.8 Å². The van der Waals surface area contributed by atoms with E-state index in [0.29, 0.717) is 21.7 Å². The molecule has 1 heterocycles.